The van der Waals surface area contributed by atoms with Crippen LogP contribution in [0, 0.1) is 27.2 Å². The Morgan fingerprint density at radius 3 is 2.60 bits per heavy atom. The van der Waals surface area contributed by atoms with Gasteiger partial charge in [0.2, 0.25) is 0 Å². The Morgan fingerprint density at radius 1 is 1.26 bits per heavy atom. The molecule has 2 unspecified atom stereocenters. The van der Waals surface area contributed by atoms with Crippen molar-refractivity contribution in [3.05, 3.63) is 77.6 Å². The summed E-state index contributed by atoms with van der Waals surface area (Å²) < 4.78 is 11.0. The SMILES string of the molecule is Cc1nc(CCCCC(CO[N+](=O)[O-])O[N+](=O)[O-])c2c(c1OC(=O)O)COC2c1ccc(Cl)cc1. The number of hydrogen-bond donors (Lipinski definition) is 1. The molecular weight excluding hydrogens is 490 g/mol. The van der Waals surface area contributed by atoms with Gasteiger partial charge >= 0.3 is 6.16 Å². The summed E-state index contributed by atoms with van der Waals surface area (Å²) in [6, 6.07) is 7.05. The van der Waals surface area contributed by atoms with Crippen LogP contribution in [0.1, 0.15) is 53.4 Å². The largest absolute Gasteiger partial charge is 0.511 e. The minimum absolute atomic E-state index is 0.124. The highest BCUT2D eigenvalue weighted by atomic mass is 35.5. The van der Waals surface area contributed by atoms with Crippen molar-refractivity contribution >= 4 is 17.8 Å². The number of hydrogen-bond acceptors (Lipinski definition) is 10. The third-order valence-electron chi connectivity index (χ3n) is 5.35. The molecule has 0 saturated heterocycles. The van der Waals surface area contributed by atoms with Crippen molar-refractivity contribution in [3.63, 3.8) is 0 Å². The Kier molecular flexibility index (Phi) is 8.60. The van der Waals surface area contributed by atoms with Crippen molar-refractivity contribution < 1.29 is 39.2 Å². The Hall–Kier alpha value is -3.71. The topological polar surface area (TPSA) is 173 Å². The van der Waals surface area contributed by atoms with Crippen molar-refractivity contribution in [1.82, 2.24) is 4.98 Å². The molecule has 1 aromatic carbocycles. The van der Waals surface area contributed by atoms with Gasteiger partial charge in [0.05, 0.1) is 12.3 Å². The summed E-state index contributed by atoms with van der Waals surface area (Å²) in [4.78, 5) is 45.5. The molecule has 2 heterocycles. The summed E-state index contributed by atoms with van der Waals surface area (Å²) >= 11 is 6.00. The fraction of sp³-hybridized carbons (Fsp3) is 0.429. The van der Waals surface area contributed by atoms with E-state index in [0.29, 0.717) is 46.8 Å². The van der Waals surface area contributed by atoms with Gasteiger partial charge in [-0.3, -0.25) is 4.98 Å². The molecule has 0 saturated carbocycles. The zero-order valence-electron chi connectivity index (χ0n) is 18.5. The van der Waals surface area contributed by atoms with Gasteiger partial charge in [-0.2, -0.15) is 0 Å². The maximum atomic E-state index is 11.2. The Morgan fingerprint density at radius 2 is 1.97 bits per heavy atom. The van der Waals surface area contributed by atoms with E-state index in [2.05, 4.69) is 14.7 Å². The number of aromatic nitrogens is 1. The molecule has 13 nitrogen and oxygen atoms in total. The van der Waals surface area contributed by atoms with Gasteiger partial charge in [-0.15, -0.1) is 20.2 Å². The summed E-state index contributed by atoms with van der Waals surface area (Å²) in [5.41, 5.74) is 3.14. The number of nitrogens with zero attached hydrogens (tertiary/aromatic N) is 3. The van der Waals surface area contributed by atoms with Crippen LogP contribution in [-0.2, 0) is 27.4 Å². The molecule has 2 aromatic rings. The molecule has 1 aliphatic rings. The number of unbranched alkanes of at least 4 members (excludes halogenated alkanes) is 1. The van der Waals surface area contributed by atoms with Crippen LogP contribution in [-0.4, -0.2) is 39.1 Å². The Labute approximate surface area is 203 Å². The average molecular weight is 512 g/mol. The van der Waals surface area contributed by atoms with Crippen LogP contribution in [0.2, 0.25) is 5.02 Å². The lowest BCUT2D eigenvalue weighted by molar-refractivity contribution is -0.790. The molecule has 35 heavy (non-hydrogen) atoms. The molecule has 3 rings (SSSR count). The number of fused-ring (bicyclic) bond motifs is 1. The summed E-state index contributed by atoms with van der Waals surface area (Å²) in [6.45, 7) is 1.20. The van der Waals surface area contributed by atoms with Gasteiger partial charge in [0, 0.05) is 21.8 Å². The van der Waals surface area contributed by atoms with E-state index >= 15 is 0 Å². The van der Waals surface area contributed by atoms with E-state index in [0.717, 1.165) is 5.56 Å². The fourth-order valence-electron chi connectivity index (χ4n) is 3.94. The molecule has 0 radical (unpaired) electrons. The number of aryl methyl sites for hydroxylation is 2. The summed E-state index contributed by atoms with van der Waals surface area (Å²) in [5.74, 6) is 0.129. The van der Waals surface area contributed by atoms with Gasteiger partial charge in [-0.25, -0.2) is 4.79 Å². The van der Waals surface area contributed by atoms with E-state index in [1.54, 1.807) is 31.2 Å². The van der Waals surface area contributed by atoms with Gasteiger partial charge in [0.1, 0.15) is 18.8 Å². The zero-order chi connectivity index (χ0) is 25.5. The Balaban J connectivity index is 1.80. The van der Waals surface area contributed by atoms with Crippen molar-refractivity contribution in [1.29, 1.82) is 0 Å². The van der Waals surface area contributed by atoms with Gasteiger partial charge in [-0.05, 0) is 43.9 Å². The number of carbonyl (C=O) groups is 1. The highest BCUT2D eigenvalue weighted by Gasteiger charge is 2.33. The van der Waals surface area contributed by atoms with E-state index in [1.807, 2.05) is 0 Å². The normalized spacial score (nSPS) is 15.2. The lowest BCUT2D eigenvalue weighted by atomic mass is 9.94. The molecule has 188 valence electrons. The standard InChI is InChI=1S/C21H22ClN3O10/c1-12-19(34-21(26)27)16-11-32-20(13-6-8-14(22)9-7-13)18(16)17(23-12)5-3-2-4-15(35-25(30)31)10-33-24(28)29/h6-9,15,20H,2-5,10-11H2,1H3,(H,26,27). The van der Waals surface area contributed by atoms with Crippen LogP contribution in [0.15, 0.2) is 24.3 Å². The highest BCUT2D eigenvalue weighted by Crippen LogP contribution is 2.43. The van der Waals surface area contributed by atoms with Crippen molar-refractivity contribution in [2.24, 2.45) is 0 Å². The molecular formula is C21H22ClN3O10. The smallest absolute Gasteiger partial charge is 0.449 e. The van der Waals surface area contributed by atoms with E-state index in [4.69, 9.17) is 26.2 Å². The van der Waals surface area contributed by atoms with E-state index in [-0.39, 0.29) is 18.8 Å². The van der Waals surface area contributed by atoms with E-state index < -0.39 is 35.1 Å². The van der Waals surface area contributed by atoms with Crippen LogP contribution in [0.4, 0.5) is 4.79 Å². The van der Waals surface area contributed by atoms with Gasteiger partial charge in [-0.1, -0.05) is 30.2 Å². The molecule has 2 atom stereocenters. The second-order valence-electron chi connectivity index (χ2n) is 7.69. The van der Waals surface area contributed by atoms with Crippen molar-refractivity contribution in [2.45, 2.75) is 51.4 Å². The maximum absolute atomic E-state index is 11.2. The minimum atomic E-state index is -1.46. The lowest BCUT2D eigenvalue weighted by Gasteiger charge is -2.18. The van der Waals surface area contributed by atoms with E-state index in [9.17, 15) is 25.0 Å². The Bertz CT molecular complexity index is 1100. The molecule has 0 spiro atoms. The first-order valence-corrected chi connectivity index (χ1v) is 10.9. The number of ether oxygens (including phenoxy) is 2. The van der Waals surface area contributed by atoms with E-state index in [1.165, 1.54) is 0 Å². The molecule has 1 N–H and O–H groups in total. The van der Waals surface area contributed by atoms with Gasteiger partial charge in [0.15, 0.2) is 5.75 Å². The molecule has 0 aliphatic carbocycles. The summed E-state index contributed by atoms with van der Waals surface area (Å²) in [7, 11) is 0. The predicted molar refractivity (Wildman–Crippen MR) is 118 cm³/mol. The molecule has 1 aliphatic heterocycles. The first-order chi connectivity index (χ1) is 16.7. The first-order valence-electron chi connectivity index (χ1n) is 10.5. The second-order valence-corrected chi connectivity index (χ2v) is 8.13. The number of halogens is 1. The molecule has 0 bridgehead atoms. The van der Waals surface area contributed by atoms with Crippen LogP contribution in [0.5, 0.6) is 5.75 Å². The summed E-state index contributed by atoms with van der Waals surface area (Å²) in [5, 5.41) is 28.7. The van der Waals surface area contributed by atoms with Crippen LogP contribution < -0.4 is 4.74 Å². The average Bonchev–Trinajstić information content (AvgIpc) is 3.22. The quantitative estimate of drug-likeness (QED) is 0.187. The number of carboxylic acid groups (broad SMARTS) is 1. The number of pyridine rings is 1. The predicted octanol–water partition coefficient (Wildman–Crippen LogP) is 4.22. The zero-order valence-corrected chi connectivity index (χ0v) is 19.3. The minimum Gasteiger partial charge on any atom is -0.449 e. The van der Waals surface area contributed by atoms with Gasteiger partial charge < -0.3 is 24.3 Å². The van der Waals surface area contributed by atoms with Crippen LogP contribution >= 0.6 is 11.6 Å². The van der Waals surface area contributed by atoms with Crippen molar-refractivity contribution in [2.75, 3.05) is 6.61 Å². The second kappa shape index (κ2) is 11.6. The van der Waals surface area contributed by atoms with Gasteiger partial charge in [0.25, 0.3) is 10.2 Å². The monoisotopic (exact) mass is 511 g/mol. The molecule has 0 fully saturated rings. The third kappa shape index (κ3) is 6.90. The lowest BCUT2D eigenvalue weighted by Crippen LogP contribution is -2.24. The maximum Gasteiger partial charge on any atom is 0.511 e. The number of rotatable bonds is 12. The molecule has 1 aromatic heterocycles. The fourth-order valence-corrected chi connectivity index (χ4v) is 4.07. The molecule has 14 heteroatoms. The third-order valence-corrected chi connectivity index (χ3v) is 5.60. The first kappa shape index (κ1) is 25.9. The summed E-state index contributed by atoms with van der Waals surface area (Å²) in [6.07, 6.45) is -1.55. The van der Waals surface area contributed by atoms with Crippen LogP contribution in [0.3, 0.4) is 0 Å². The highest BCUT2D eigenvalue weighted by molar-refractivity contribution is 6.30. The van der Waals surface area contributed by atoms with Crippen molar-refractivity contribution in [3.8, 4) is 5.75 Å². The molecule has 0 amide bonds. The van der Waals surface area contributed by atoms with Crippen LogP contribution in [0.25, 0.3) is 0 Å². The number of benzene rings is 1.